The molecule has 0 saturated heterocycles. The number of sulfonamides is 1. The average Bonchev–Trinajstić information content (AvgIpc) is 2.81. The van der Waals surface area contributed by atoms with E-state index in [0.717, 1.165) is 28.1 Å². The summed E-state index contributed by atoms with van der Waals surface area (Å²) >= 11 is 0. The van der Waals surface area contributed by atoms with Crippen molar-refractivity contribution < 1.29 is 22.7 Å². The molecule has 2 aromatic carbocycles. The highest BCUT2D eigenvalue weighted by molar-refractivity contribution is 7.92. The fourth-order valence-electron chi connectivity index (χ4n) is 3.62. The number of rotatable bonds is 12. The van der Waals surface area contributed by atoms with Crippen molar-refractivity contribution in [1.29, 1.82) is 0 Å². The molecule has 1 unspecified atom stereocenters. The van der Waals surface area contributed by atoms with Gasteiger partial charge in [0.15, 0.2) is 0 Å². The zero-order valence-corrected chi connectivity index (χ0v) is 21.4. The lowest BCUT2D eigenvalue weighted by atomic mass is 10.1. The number of carbonyl (C=O) groups is 2. The fourth-order valence-corrected chi connectivity index (χ4v) is 4.47. The third-order valence-corrected chi connectivity index (χ3v) is 6.72. The van der Waals surface area contributed by atoms with Crippen LogP contribution in [0.15, 0.2) is 48.5 Å². The number of aryl methyl sites for hydroxylation is 1. The second-order valence-corrected chi connectivity index (χ2v) is 10.0. The van der Waals surface area contributed by atoms with Crippen LogP contribution in [0, 0.1) is 6.92 Å². The quantitative estimate of drug-likeness (QED) is 0.494. The molecule has 34 heavy (non-hydrogen) atoms. The Morgan fingerprint density at radius 1 is 1.06 bits per heavy atom. The normalized spacial score (nSPS) is 12.0. The molecule has 2 amide bonds. The van der Waals surface area contributed by atoms with Gasteiger partial charge < -0.3 is 15.0 Å². The van der Waals surface area contributed by atoms with Crippen molar-refractivity contribution in [3.05, 3.63) is 59.7 Å². The van der Waals surface area contributed by atoms with E-state index < -0.39 is 28.5 Å². The second kappa shape index (κ2) is 12.4. The van der Waals surface area contributed by atoms with E-state index >= 15 is 0 Å². The van der Waals surface area contributed by atoms with Crippen molar-refractivity contribution in [3.63, 3.8) is 0 Å². The molecule has 0 aliphatic heterocycles. The number of ether oxygens (including phenoxy) is 1. The molecule has 1 N–H and O–H groups in total. The first kappa shape index (κ1) is 27.2. The monoisotopic (exact) mass is 489 g/mol. The molecule has 9 heteroatoms. The van der Waals surface area contributed by atoms with Gasteiger partial charge >= 0.3 is 0 Å². The number of nitrogens with zero attached hydrogens (tertiary/aromatic N) is 2. The summed E-state index contributed by atoms with van der Waals surface area (Å²) < 4.78 is 31.4. The molecule has 2 aromatic rings. The largest absolute Gasteiger partial charge is 0.497 e. The maximum absolute atomic E-state index is 13.6. The van der Waals surface area contributed by atoms with Crippen LogP contribution in [0.25, 0.3) is 0 Å². The molecule has 0 spiro atoms. The number of hydrogen-bond acceptors (Lipinski definition) is 5. The van der Waals surface area contributed by atoms with E-state index in [4.69, 9.17) is 4.74 Å². The van der Waals surface area contributed by atoms with Gasteiger partial charge in [-0.1, -0.05) is 38.1 Å². The van der Waals surface area contributed by atoms with E-state index in [9.17, 15) is 18.0 Å². The van der Waals surface area contributed by atoms with Crippen molar-refractivity contribution >= 4 is 27.5 Å². The molecule has 0 aromatic heterocycles. The number of nitrogens with one attached hydrogen (secondary N) is 1. The third-order valence-electron chi connectivity index (χ3n) is 5.58. The Kier molecular flexibility index (Phi) is 9.92. The van der Waals surface area contributed by atoms with Crippen LogP contribution in [0.4, 0.5) is 5.69 Å². The number of methoxy groups -OCH3 is 1. The topological polar surface area (TPSA) is 96.0 Å². The van der Waals surface area contributed by atoms with Crippen molar-refractivity contribution in [2.75, 3.05) is 30.8 Å². The van der Waals surface area contributed by atoms with Gasteiger partial charge in [0.25, 0.3) is 0 Å². The first-order valence-electron chi connectivity index (χ1n) is 11.4. The summed E-state index contributed by atoms with van der Waals surface area (Å²) in [6.07, 6.45) is 2.23. The molecule has 0 saturated carbocycles. The first-order chi connectivity index (χ1) is 16.1. The van der Waals surface area contributed by atoms with Crippen LogP contribution in [0.3, 0.4) is 0 Å². The first-order valence-corrected chi connectivity index (χ1v) is 13.2. The van der Waals surface area contributed by atoms with E-state index in [1.807, 2.05) is 45.0 Å². The van der Waals surface area contributed by atoms with Crippen LogP contribution in [0.2, 0.25) is 0 Å². The third kappa shape index (κ3) is 7.21. The van der Waals surface area contributed by atoms with Gasteiger partial charge in [-0.25, -0.2) is 8.42 Å². The number of carbonyl (C=O) groups excluding carboxylic acids is 2. The van der Waals surface area contributed by atoms with E-state index in [1.54, 1.807) is 24.3 Å². The molecule has 0 fully saturated rings. The highest BCUT2D eigenvalue weighted by atomic mass is 32.2. The van der Waals surface area contributed by atoms with Crippen LogP contribution >= 0.6 is 0 Å². The molecule has 0 radical (unpaired) electrons. The fraction of sp³-hybridized carbons (Fsp3) is 0.440. The highest BCUT2D eigenvalue weighted by Crippen LogP contribution is 2.23. The maximum Gasteiger partial charge on any atom is 0.244 e. The summed E-state index contributed by atoms with van der Waals surface area (Å²) in [5.41, 5.74) is 2.23. The lowest BCUT2D eigenvalue weighted by Crippen LogP contribution is -2.52. The number of benzene rings is 2. The highest BCUT2D eigenvalue weighted by Gasteiger charge is 2.31. The Balaban J connectivity index is 2.42. The van der Waals surface area contributed by atoms with E-state index in [2.05, 4.69) is 5.32 Å². The van der Waals surface area contributed by atoms with Gasteiger partial charge in [-0.3, -0.25) is 13.9 Å². The molecular weight excluding hydrogens is 454 g/mol. The molecule has 186 valence electrons. The SMILES string of the molecule is CCCNC(=O)C(CC)N(Cc1ccccc1C)C(=O)CN(c1ccc(OC)cc1)S(C)(=O)=O. The summed E-state index contributed by atoms with van der Waals surface area (Å²) in [6, 6.07) is 13.4. The van der Waals surface area contributed by atoms with Crippen LogP contribution in [-0.4, -0.2) is 57.6 Å². The minimum atomic E-state index is -3.77. The molecule has 8 nitrogen and oxygen atoms in total. The maximum atomic E-state index is 13.6. The smallest absolute Gasteiger partial charge is 0.244 e. The van der Waals surface area contributed by atoms with E-state index in [0.29, 0.717) is 24.4 Å². The molecule has 0 aliphatic carbocycles. The molecule has 0 bridgehead atoms. The van der Waals surface area contributed by atoms with E-state index in [-0.39, 0.29) is 12.5 Å². The van der Waals surface area contributed by atoms with Gasteiger partial charge in [0, 0.05) is 13.1 Å². The summed E-state index contributed by atoms with van der Waals surface area (Å²) in [6.45, 7) is 6.01. The molecule has 1 atom stereocenters. The lowest BCUT2D eigenvalue weighted by molar-refractivity contribution is -0.140. The van der Waals surface area contributed by atoms with Crippen LogP contribution in [0.1, 0.15) is 37.8 Å². The Labute approximate surface area is 202 Å². The Hall–Kier alpha value is -3.07. The predicted octanol–water partition coefficient (Wildman–Crippen LogP) is 3.10. The van der Waals surface area contributed by atoms with Crippen molar-refractivity contribution in [3.8, 4) is 5.75 Å². The van der Waals surface area contributed by atoms with Gasteiger partial charge in [0.2, 0.25) is 21.8 Å². The average molecular weight is 490 g/mol. The number of anilines is 1. The standard InChI is InChI=1S/C25H35N3O5S/c1-6-16-26-25(30)23(7-2)27(17-20-11-9-8-10-19(20)3)24(29)18-28(34(5,31)32)21-12-14-22(33-4)15-13-21/h8-15,23H,6-7,16-18H2,1-5H3,(H,26,30). The molecule has 0 heterocycles. The summed E-state index contributed by atoms with van der Waals surface area (Å²) in [4.78, 5) is 28.0. The van der Waals surface area contributed by atoms with Gasteiger partial charge in [-0.15, -0.1) is 0 Å². The van der Waals surface area contributed by atoms with Crippen molar-refractivity contribution in [1.82, 2.24) is 10.2 Å². The second-order valence-electron chi connectivity index (χ2n) is 8.13. The van der Waals surface area contributed by atoms with Crippen molar-refractivity contribution in [2.45, 2.75) is 46.2 Å². The predicted molar refractivity (Wildman–Crippen MR) is 134 cm³/mol. The van der Waals surface area contributed by atoms with Gasteiger partial charge in [-0.2, -0.15) is 0 Å². The lowest BCUT2D eigenvalue weighted by Gasteiger charge is -2.33. The molecule has 0 aliphatic rings. The molecule has 2 rings (SSSR count). The van der Waals surface area contributed by atoms with Crippen LogP contribution in [-0.2, 0) is 26.2 Å². The number of hydrogen-bond donors (Lipinski definition) is 1. The Morgan fingerprint density at radius 3 is 2.24 bits per heavy atom. The van der Waals surface area contributed by atoms with Crippen molar-refractivity contribution in [2.24, 2.45) is 0 Å². The Bertz CT molecular complexity index is 1070. The minimum Gasteiger partial charge on any atom is -0.497 e. The zero-order chi connectivity index (χ0) is 25.3. The zero-order valence-electron chi connectivity index (χ0n) is 20.6. The van der Waals surface area contributed by atoms with Crippen LogP contribution < -0.4 is 14.4 Å². The summed E-state index contributed by atoms with van der Waals surface area (Å²) in [5, 5.41) is 2.87. The minimum absolute atomic E-state index is 0.198. The van der Waals surface area contributed by atoms with E-state index in [1.165, 1.54) is 12.0 Å². The summed E-state index contributed by atoms with van der Waals surface area (Å²) in [5.74, 6) is -0.131. The number of amides is 2. The Morgan fingerprint density at radius 2 is 1.71 bits per heavy atom. The van der Waals surface area contributed by atoms with Gasteiger partial charge in [0.1, 0.15) is 18.3 Å². The summed E-state index contributed by atoms with van der Waals surface area (Å²) in [7, 11) is -2.25. The molecular formula is C25H35N3O5S. The van der Waals surface area contributed by atoms with Gasteiger partial charge in [-0.05, 0) is 55.2 Å². The van der Waals surface area contributed by atoms with Gasteiger partial charge in [0.05, 0.1) is 19.1 Å². The van der Waals surface area contributed by atoms with Crippen LogP contribution in [0.5, 0.6) is 5.75 Å².